The second-order valence-corrected chi connectivity index (χ2v) is 6.69. The van der Waals surface area contributed by atoms with E-state index >= 15 is 0 Å². The van der Waals surface area contributed by atoms with E-state index in [0.29, 0.717) is 21.4 Å². The van der Waals surface area contributed by atoms with E-state index in [1.54, 1.807) is 30.3 Å². The molecule has 4 aromatic rings. The van der Waals surface area contributed by atoms with Gasteiger partial charge in [-0.3, -0.25) is 4.79 Å². The van der Waals surface area contributed by atoms with Gasteiger partial charge in [-0.05, 0) is 58.2 Å². The van der Waals surface area contributed by atoms with Gasteiger partial charge < -0.3 is 13.6 Å². The van der Waals surface area contributed by atoms with Crippen molar-refractivity contribution in [2.24, 2.45) is 0 Å². The number of ether oxygens (including phenoxy) is 1. The molecule has 0 aliphatic rings. The molecule has 4 nitrogen and oxygen atoms in total. The molecule has 0 spiro atoms. The molecule has 0 radical (unpaired) electrons. The highest BCUT2D eigenvalue weighted by molar-refractivity contribution is 9.10. The molecular formula is C21H15BrO4. The number of aryl methyl sites for hydroxylation is 1. The van der Waals surface area contributed by atoms with Crippen molar-refractivity contribution in [1.29, 1.82) is 0 Å². The summed E-state index contributed by atoms with van der Waals surface area (Å²) in [4.78, 5) is 13.0. The Morgan fingerprint density at radius 3 is 2.50 bits per heavy atom. The third-order valence-electron chi connectivity index (χ3n) is 4.19. The van der Waals surface area contributed by atoms with Gasteiger partial charge in [-0.2, -0.15) is 0 Å². The summed E-state index contributed by atoms with van der Waals surface area (Å²) in [7, 11) is 0. The Bertz CT molecular complexity index is 1140. The largest absolute Gasteiger partial charge is 0.481 e. The Balaban J connectivity index is 1.84. The topological polar surface area (TPSA) is 52.6 Å². The lowest BCUT2D eigenvalue weighted by atomic mass is 10.1. The molecule has 0 aliphatic carbocycles. The number of benzene rings is 2. The van der Waals surface area contributed by atoms with E-state index in [1.165, 1.54) is 0 Å². The Morgan fingerprint density at radius 1 is 0.962 bits per heavy atom. The second kappa shape index (κ2) is 6.84. The predicted molar refractivity (Wildman–Crippen MR) is 103 cm³/mol. The maximum atomic E-state index is 13.0. The zero-order valence-electron chi connectivity index (χ0n) is 14.0. The number of halogens is 1. The summed E-state index contributed by atoms with van der Waals surface area (Å²) in [6.07, 6.45) is 0. The Labute approximate surface area is 158 Å². The maximum Gasteiger partial charge on any atom is 0.235 e. The average Bonchev–Trinajstić information content (AvgIpc) is 3.08. The Kier molecular flexibility index (Phi) is 4.39. The molecule has 5 heteroatoms. The van der Waals surface area contributed by atoms with Crippen molar-refractivity contribution in [2.75, 3.05) is 0 Å². The van der Waals surface area contributed by atoms with Gasteiger partial charge in [0.15, 0.2) is 10.4 Å². The molecule has 0 fully saturated rings. The lowest BCUT2D eigenvalue weighted by molar-refractivity contribution is 0.295. The standard InChI is InChI=1S/C21H15BrO4/c1-13-6-2-3-7-14(13)12-24-21-19(23)15-8-4-5-9-16(15)26-20(21)17-10-11-18(22)25-17/h2-11H,12H2,1H3. The molecule has 2 heterocycles. The van der Waals surface area contributed by atoms with Crippen LogP contribution in [0, 0.1) is 6.92 Å². The van der Waals surface area contributed by atoms with E-state index in [1.807, 2.05) is 37.3 Å². The van der Waals surface area contributed by atoms with Crippen LogP contribution in [-0.4, -0.2) is 0 Å². The van der Waals surface area contributed by atoms with Crippen LogP contribution in [0.3, 0.4) is 0 Å². The first-order valence-electron chi connectivity index (χ1n) is 8.12. The van der Waals surface area contributed by atoms with Gasteiger partial charge in [0.05, 0.1) is 5.39 Å². The van der Waals surface area contributed by atoms with E-state index in [9.17, 15) is 4.79 Å². The molecule has 26 heavy (non-hydrogen) atoms. The van der Waals surface area contributed by atoms with Gasteiger partial charge >= 0.3 is 0 Å². The van der Waals surface area contributed by atoms with Gasteiger partial charge in [0, 0.05) is 0 Å². The molecule has 0 atom stereocenters. The van der Waals surface area contributed by atoms with Gasteiger partial charge in [-0.15, -0.1) is 0 Å². The molecule has 4 rings (SSSR count). The van der Waals surface area contributed by atoms with E-state index in [0.717, 1.165) is 11.1 Å². The smallest absolute Gasteiger partial charge is 0.235 e. The molecule has 2 aromatic heterocycles. The van der Waals surface area contributed by atoms with E-state index in [2.05, 4.69) is 15.9 Å². The van der Waals surface area contributed by atoms with E-state index in [4.69, 9.17) is 13.6 Å². The van der Waals surface area contributed by atoms with Crippen molar-refractivity contribution in [2.45, 2.75) is 13.5 Å². The number of para-hydroxylation sites is 1. The van der Waals surface area contributed by atoms with Gasteiger partial charge in [-0.25, -0.2) is 0 Å². The summed E-state index contributed by atoms with van der Waals surface area (Å²) < 4.78 is 18.0. The molecule has 0 bridgehead atoms. The highest BCUT2D eigenvalue weighted by Gasteiger charge is 2.20. The summed E-state index contributed by atoms with van der Waals surface area (Å²) in [6.45, 7) is 2.27. The Hall–Kier alpha value is -2.79. The van der Waals surface area contributed by atoms with Crippen LogP contribution in [0.25, 0.3) is 22.5 Å². The summed E-state index contributed by atoms with van der Waals surface area (Å²) in [5.41, 5.74) is 2.37. The molecular weight excluding hydrogens is 396 g/mol. The molecule has 0 amide bonds. The zero-order valence-corrected chi connectivity index (χ0v) is 15.6. The Morgan fingerprint density at radius 2 is 1.73 bits per heavy atom. The van der Waals surface area contributed by atoms with Crippen molar-refractivity contribution < 1.29 is 13.6 Å². The highest BCUT2D eigenvalue weighted by atomic mass is 79.9. The molecule has 0 saturated carbocycles. The second-order valence-electron chi connectivity index (χ2n) is 5.90. The fourth-order valence-electron chi connectivity index (χ4n) is 2.78. The fraction of sp³-hybridized carbons (Fsp3) is 0.0952. The SMILES string of the molecule is Cc1ccccc1COc1c(-c2ccc(Br)o2)oc2ccccc2c1=O. The number of hydrogen-bond acceptors (Lipinski definition) is 4. The van der Waals surface area contributed by atoms with Crippen molar-refractivity contribution in [3.8, 4) is 17.3 Å². The van der Waals surface area contributed by atoms with Crippen molar-refractivity contribution in [3.05, 3.63) is 86.7 Å². The highest BCUT2D eigenvalue weighted by Crippen LogP contribution is 2.33. The lowest BCUT2D eigenvalue weighted by Gasteiger charge is -2.11. The third kappa shape index (κ3) is 3.06. The molecule has 0 saturated heterocycles. The summed E-state index contributed by atoms with van der Waals surface area (Å²) in [5.74, 6) is 0.862. The van der Waals surface area contributed by atoms with E-state index in [-0.39, 0.29) is 23.5 Å². The minimum Gasteiger partial charge on any atom is -0.481 e. The third-order valence-corrected chi connectivity index (χ3v) is 4.61. The van der Waals surface area contributed by atoms with Crippen molar-refractivity contribution in [1.82, 2.24) is 0 Å². The number of hydrogen-bond donors (Lipinski definition) is 0. The first-order chi connectivity index (χ1) is 12.6. The maximum absolute atomic E-state index is 13.0. The van der Waals surface area contributed by atoms with Crippen LogP contribution in [0.5, 0.6) is 5.75 Å². The van der Waals surface area contributed by atoms with Gasteiger partial charge in [0.2, 0.25) is 16.9 Å². The van der Waals surface area contributed by atoms with Crippen molar-refractivity contribution >= 4 is 26.9 Å². The van der Waals surface area contributed by atoms with Crippen LogP contribution < -0.4 is 10.2 Å². The quantitative estimate of drug-likeness (QED) is 0.432. The van der Waals surface area contributed by atoms with Crippen LogP contribution in [-0.2, 0) is 6.61 Å². The van der Waals surface area contributed by atoms with Crippen molar-refractivity contribution in [3.63, 3.8) is 0 Å². The van der Waals surface area contributed by atoms with Crippen LogP contribution in [0.4, 0.5) is 0 Å². The predicted octanol–water partition coefficient (Wildman–Crippen LogP) is 5.70. The minimum atomic E-state index is -0.219. The minimum absolute atomic E-state index is 0.147. The summed E-state index contributed by atoms with van der Waals surface area (Å²) in [6, 6.07) is 18.5. The molecule has 0 unspecified atom stereocenters. The molecule has 130 valence electrons. The number of rotatable bonds is 4. The van der Waals surface area contributed by atoms with Crippen LogP contribution >= 0.6 is 15.9 Å². The lowest BCUT2D eigenvalue weighted by Crippen LogP contribution is -2.10. The van der Waals surface area contributed by atoms with Crippen LogP contribution in [0.1, 0.15) is 11.1 Å². The molecule has 0 N–H and O–H groups in total. The summed E-state index contributed by atoms with van der Waals surface area (Å²) in [5, 5.41) is 0.474. The monoisotopic (exact) mass is 410 g/mol. The number of furan rings is 1. The summed E-state index contributed by atoms with van der Waals surface area (Å²) >= 11 is 3.28. The average molecular weight is 411 g/mol. The van der Waals surface area contributed by atoms with Gasteiger partial charge in [-0.1, -0.05) is 36.4 Å². The first-order valence-corrected chi connectivity index (χ1v) is 8.91. The number of fused-ring (bicyclic) bond motifs is 1. The normalized spacial score (nSPS) is 11.0. The van der Waals surface area contributed by atoms with Gasteiger partial charge in [0.25, 0.3) is 0 Å². The molecule has 2 aromatic carbocycles. The zero-order chi connectivity index (χ0) is 18.1. The first kappa shape index (κ1) is 16.7. The van der Waals surface area contributed by atoms with E-state index < -0.39 is 0 Å². The fourth-order valence-corrected chi connectivity index (χ4v) is 3.08. The van der Waals surface area contributed by atoms with Crippen LogP contribution in [0.2, 0.25) is 0 Å². The van der Waals surface area contributed by atoms with Crippen LogP contribution in [0.15, 0.2) is 79.0 Å². The van der Waals surface area contributed by atoms with Gasteiger partial charge in [0.1, 0.15) is 12.2 Å². The molecule has 0 aliphatic heterocycles.